The Bertz CT molecular complexity index is 674. The van der Waals surface area contributed by atoms with Crippen LogP contribution < -0.4 is 0 Å². The molecule has 0 heterocycles. The predicted octanol–water partition coefficient (Wildman–Crippen LogP) is 5.27. The molecule has 2 aromatic carbocycles. The first-order valence-corrected chi connectivity index (χ1v) is 6.59. The summed E-state index contributed by atoms with van der Waals surface area (Å²) in [6.07, 6.45) is 0. The molecule has 6 heteroatoms. The van der Waals surface area contributed by atoms with Crippen molar-refractivity contribution in [3.8, 4) is 0 Å². The highest BCUT2D eigenvalue weighted by molar-refractivity contribution is 9.10. The van der Waals surface area contributed by atoms with E-state index in [1.54, 1.807) is 0 Å². The topological polar surface area (TPSA) is 17.1 Å². The molecule has 0 atom stereocenters. The Balaban J connectivity index is 2.49. The van der Waals surface area contributed by atoms with Crippen molar-refractivity contribution in [3.05, 3.63) is 67.6 Å². The van der Waals surface area contributed by atoms with Crippen LogP contribution in [0, 0.1) is 11.6 Å². The smallest absolute Gasteiger partial charge is 0.194 e. The Morgan fingerprint density at radius 3 is 2.26 bits per heavy atom. The van der Waals surface area contributed by atoms with E-state index in [-0.39, 0.29) is 16.1 Å². The van der Waals surface area contributed by atoms with Gasteiger partial charge in [-0.2, -0.15) is 0 Å². The molecule has 0 saturated heterocycles. The van der Waals surface area contributed by atoms with Gasteiger partial charge in [0.25, 0.3) is 0 Å². The highest BCUT2D eigenvalue weighted by Gasteiger charge is 2.17. The van der Waals surface area contributed by atoms with Gasteiger partial charge in [0.15, 0.2) is 17.4 Å². The number of rotatable bonds is 2. The van der Waals surface area contributed by atoms with Crippen LogP contribution in [-0.2, 0) is 0 Å². The lowest BCUT2D eigenvalue weighted by Crippen LogP contribution is -2.04. The number of carbonyl (C=O) groups excluding carboxylic acids is 1. The molecule has 0 radical (unpaired) electrons. The molecule has 0 aromatic heterocycles. The first-order chi connectivity index (χ1) is 8.90. The van der Waals surface area contributed by atoms with Crippen molar-refractivity contribution in [2.75, 3.05) is 0 Å². The minimum atomic E-state index is -1.12. The van der Waals surface area contributed by atoms with Crippen LogP contribution in [0.4, 0.5) is 8.78 Å². The van der Waals surface area contributed by atoms with E-state index in [0.29, 0.717) is 9.50 Å². The van der Waals surface area contributed by atoms with Gasteiger partial charge in [-0.3, -0.25) is 4.79 Å². The van der Waals surface area contributed by atoms with Gasteiger partial charge < -0.3 is 0 Å². The summed E-state index contributed by atoms with van der Waals surface area (Å²) >= 11 is 14.7. The van der Waals surface area contributed by atoms with Gasteiger partial charge in [0, 0.05) is 15.6 Å². The van der Waals surface area contributed by atoms with Crippen molar-refractivity contribution in [1.29, 1.82) is 0 Å². The van der Waals surface area contributed by atoms with Gasteiger partial charge in [0.05, 0.1) is 10.0 Å². The summed E-state index contributed by atoms with van der Waals surface area (Å²) in [6.45, 7) is 0. The van der Waals surface area contributed by atoms with E-state index in [0.717, 1.165) is 12.1 Å². The normalized spacial score (nSPS) is 10.6. The molecule has 0 N–H and O–H groups in total. The molecule has 98 valence electrons. The highest BCUT2D eigenvalue weighted by Crippen LogP contribution is 2.27. The van der Waals surface area contributed by atoms with Crippen LogP contribution in [0.3, 0.4) is 0 Å². The molecule has 0 aliphatic rings. The van der Waals surface area contributed by atoms with Gasteiger partial charge in [0.1, 0.15) is 0 Å². The molecule has 19 heavy (non-hydrogen) atoms. The van der Waals surface area contributed by atoms with E-state index in [4.69, 9.17) is 23.2 Å². The molecular formula is C13H5BrCl2F2O. The zero-order valence-corrected chi connectivity index (χ0v) is 12.3. The standard InChI is InChI=1S/C13H5BrCl2F2O/c14-8-3-6(1-2-9(8)15)13(19)7-4-11(17)12(18)5-10(7)16/h1-5H. The monoisotopic (exact) mass is 364 g/mol. The number of carbonyl (C=O) groups is 1. The fraction of sp³-hybridized carbons (Fsp3) is 0. The first-order valence-electron chi connectivity index (χ1n) is 5.04. The van der Waals surface area contributed by atoms with E-state index in [9.17, 15) is 13.6 Å². The summed E-state index contributed by atoms with van der Waals surface area (Å²) in [5.41, 5.74) is 0.166. The van der Waals surface area contributed by atoms with Crippen molar-refractivity contribution in [2.24, 2.45) is 0 Å². The van der Waals surface area contributed by atoms with Crippen LogP contribution in [0.25, 0.3) is 0 Å². The molecule has 2 rings (SSSR count). The summed E-state index contributed by atoms with van der Waals surface area (Å²) in [6, 6.07) is 6.04. The number of benzene rings is 2. The van der Waals surface area contributed by atoms with Crippen LogP contribution >= 0.6 is 39.1 Å². The summed E-state index contributed by atoms with van der Waals surface area (Å²) < 4.78 is 26.6. The van der Waals surface area contributed by atoms with Crippen LogP contribution in [0.1, 0.15) is 15.9 Å². The maximum absolute atomic E-state index is 13.2. The van der Waals surface area contributed by atoms with E-state index in [2.05, 4.69) is 15.9 Å². The van der Waals surface area contributed by atoms with E-state index in [1.807, 2.05) is 0 Å². The second-order valence-electron chi connectivity index (χ2n) is 3.70. The molecule has 0 aliphatic carbocycles. The Morgan fingerprint density at radius 2 is 1.63 bits per heavy atom. The lowest BCUT2D eigenvalue weighted by molar-refractivity contribution is 0.103. The Morgan fingerprint density at radius 1 is 1.00 bits per heavy atom. The molecule has 2 aromatic rings. The molecule has 0 aliphatic heterocycles. The minimum Gasteiger partial charge on any atom is -0.289 e. The van der Waals surface area contributed by atoms with Gasteiger partial charge in [-0.1, -0.05) is 23.2 Å². The second kappa shape index (κ2) is 5.57. The summed E-state index contributed by atoms with van der Waals surface area (Å²) in [5, 5.41) is 0.294. The molecule has 1 nitrogen and oxygen atoms in total. The third kappa shape index (κ3) is 2.96. The van der Waals surface area contributed by atoms with Crippen LogP contribution in [-0.4, -0.2) is 5.78 Å². The van der Waals surface area contributed by atoms with Gasteiger partial charge in [0.2, 0.25) is 0 Å². The maximum Gasteiger partial charge on any atom is 0.194 e. The van der Waals surface area contributed by atoms with Gasteiger partial charge in [-0.05, 0) is 46.3 Å². The van der Waals surface area contributed by atoms with Crippen molar-refractivity contribution >= 4 is 44.9 Å². The third-order valence-electron chi connectivity index (χ3n) is 2.44. The predicted molar refractivity (Wildman–Crippen MR) is 74.0 cm³/mol. The molecule has 0 bridgehead atoms. The van der Waals surface area contributed by atoms with Crippen molar-refractivity contribution in [3.63, 3.8) is 0 Å². The maximum atomic E-state index is 13.2. The number of hydrogen-bond acceptors (Lipinski definition) is 1. The van der Waals surface area contributed by atoms with Crippen LogP contribution in [0.15, 0.2) is 34.8 Å². The highest BCUT2D eigenvalue weighted by atomic mass is 79.9. The molecular weight excluding hydrogens is 361 g/mol. The van der Waals surface area contributed by atoms with Gasteiger partial charge >= 0.3 is 0 Å². The lowest BCUT2D eigenvalue weighted by atomic mass is 10.0. The molecule has 0 saturated carbocycles. The molecule has 0 spiro atoms. The van der Waals surface area contributed by atoms with Crippen molar-refractivity contribution in [2.45, 2.75) is 0 Å². The third-order valence-corrected chi connectivity index (χ3v) is 3.96. The Kier molecular flexibility index (Phi) is 4.23. The second-order valence-corrected chi connectivity index (χ2v) is 5.37. The number of ketones is 1. The lowest BCUT2D eigenvalue weighted by Gasteiger charge is -2.06. The number of halogens is 5. The fourth-order valence-corrected chi connectivity index (χ4v) is 2.22. The summed E-state index contributed by atoms with van der Waals surface area (Å²) in [7, 11) is 0. The summed E-state index contributed by atoms with van der Waals surface area (Å²) in [4.78, 5) is 12.2. The largest absolute Gasteiger partial charge is 0.289 e. The minimum absolute atomic E-state index is 0.102. The van der Waals surface area contributed by atoms with Gasteiger partial charge in [-0.15, -0.1) is 0 Å². The molecule has 0 amide bonds. The SMILES string of the molecule is O=C(c1ccc(Cl)c(Br)c1)c1cc(F)c(F)cc1Cl. The van der Waals surface area contributed by atoms with Crippen molar-refractivity contribution < 1.29 is 13.6 Å². The van der Waals surface area contributed by atoms with E-state index in [1.165, 1.54) is 18.2 Å². The van der Waals surface area contributed by atoms with E-state index >= 15 is 0 Å². The molecule has 0 unspecified atom stereocenters. The fourth-order valence-electron chi connectivity index (χ4n) is 1.49. The average molecular weight is 366 g/mol. The van der Waals surface area contributed by atoms with Gasteiger partial charge in [-0.25, -0.2) is 8.78 Å². The van der Waals surface area contributed by atoms with Crippen LogP contribution in [0.5, 0.6) is 0 Å². The zero-order valence-electron chi connectivity index (χ0n) is 9.18. The number of hydrogen-bond donors (Lipinski definition) is 0. The molecule has 0 fully saturated rings. The first kappa shape index (κ1) is 14.4. The van der Waals surface area contributed by atoms with Crippen LogP contribution in [0.2, 0.25) is 10.0 Å². The average Bonchev–Trinajstić information content (AvgIpc) is 2.36. The zero-order chi connectivity index (χ0) is 14.2. The summed E-state index contributed by atoms with van der Waals surface area (Å²) in [5.74, 6) is -2.74. The quantitative estimate of drug-likeness (QED) is 0.523. The van der Waals surface area contributed by atoms with E-state index < -0.39 is 17.4 Å². The van der Waals surface area contributed by atoms with Crippen molar-refractivity contribution in [1.82, 2.24) is 0 Å². The Hall–Kier alpha value is -0.970. The Labute approximate surface area is 126 Å².